The fraction of sp³-hybridized carbons (Fsp3) is 0.533. The minimum atomic E-state index is 0.0856. The zero-order valence-corrected chi connectivity index (χ0v) is 11.9. The summed E-state index contributed by atoms with van der Waals surface area (Å²) in [6.07, 6.45) is 3.16. The molecule has 104 valence electrons. The van der Waals surface area contributed by atoms with Crippen LogP contribution in [0.5, 0.6) is 0 Å². The number of likely N-dealkylation sites (tertiary alicyclic amines) is 1. The molecule has 4 heteroatoms. The van der Waals surface area contributed by atoms with Crippen LogP contribution in [0.1, 0.15) is 18.4 Å². The van der Waals surface area contributed by atoms with Gasteiger partial charge in [-0.2, -0.15) is 0 Å². The first kappa shape index (κ1) is 13.7. The van der Waals surface area contributed by atoms with Crippen molar-refractivity contribution >= 4 is 11.7 Å². The molecule has 0 aliphatic carbocycles. The topological polar surface area (TPSA) is 35.6 Å². The van der Waals surface area contributed by atoms with Gasteiger partial charge in [0, 0.05) is 39.4 Å². The molecule has 1 N–H and O–H groups in total. The van der Waals surface area contributed by atoms with Crippen LogP contribution in [0.2, 0.25) is 0 Å². The van der Waals surface area contributed by atoms with Crippen molar-refractivity contribution in [3.8, 4) is 0 Å². The van der Waals surface area contributed by atoms with Gasteiger partial charge in [-0.3, -0.25) is 0 Å². The predicted molar refractivity (Wildman–Crippen MR) is 78.7 cm³/mol. The number of hydrogen-bond donors (Lipinski definition) is 1. The molecule has 0 saturated carbocycles. The molecule has 1 saturated heterocycles. The Kier molecular flexibility index (Phi) is 4.66. The second-order valence-electron chi connectivity index (χ2n) is 5.24. The maximum atomic E-state index is 11.8. The molecule has 0 radical (unpaired) electrons. The van der Waals surface area contributed by atoms with Gasteiger partial charge in [0.05, 0.1) is 0 Å². The summed E-state index contributed by atoms with van der Waals surface area (Å²) in [6, 6.07) is 8.55. The highest BCUT2D eigenvalue weighted by Gasteiger charge is 2.16. The molecule has 2 amide bonds. The van der Waals surface area contributed by atoms with Gasteiger partial charge in [-0.05, 0) is 37.0 Å². The van der Waals surface area contributed by atoms with Crippen LogP contribution >= 0.6 is 0 Å². The zero-order valence-electron chi connectivity index (χ0n) is 11.9. The predicted octanol–water partition coefficient (Wildman–Crippen LogP) is 2.10. The highest BCUT2D eigenvalue weighted by Crippen LogP contribution is 2.12. The fourth-order valence-electron chi connectivity index (χ4n) is 2.31. The van der Waals surface area contributed by atoms with Crippen LogP contribution in [0.25, 0.3) is 0 Å². The number of anilines is 1. The number of urea groups is 1. The number of carbonyl (C=O) groups is 1. The summed E-state index contributed by atoms with van der Waals surface area (Å²) in [5.41, 5.74) is 2.46. The molecule has 1 aliphatic rings. The number of hydrogen-bond acceptors (Lipinski definition) is 2. The van der Waals surface area contributed by atoms with Gasteiger partial charge >= 0.3 is 6.03 Å². The largest absolute Gasteiger partial charge is 0.378 e. The molecule has 1 fully saturated rings. The van der Waals surface area contributed by atoms with Crippen molar-refractivity contribution in [3.63, 3.8) is 0 Å². The smallest absolute Gasteiger partial charge is 0.317 e. The molecule has 1 aromatic rings. The minimum absolute atomic E-state index is 0.0856. The zero-order chi connectivity index (χ0) is 13.7. The third-order valence-corrected chi connectivity index (χ3v) is 3.54. The first-order chi connectivity index (χ1) is 9.16. The van der Waals surface area contributed by atoms with Crippen LogP contribution in [-0.4, -0.2) is 44.7 Å². The van der Waals surface area contributed by atoms with Gasteiger partial charge in [-0.1, -0.05) is 12.1 Å². The summed E-state index contributed by atoms with van der Waals surface area (Å²) < 4.78 is 0. The van der Waals surface area contributed by atoms with Gasteiger partial charge < -0.3 is 15.1 Å². The van der Waals surface area contributed by atoms with E-state index in [2.05, 4.69) is 34.5 Å². The van der Waals surface area contributed by atoms with Crippen molar-refractivity contribution in [1.82, 2.24) is 10.2 Å². The summed E-state index contributed by atoms with van der Waals surface area (Å²) >= 11 is 0. The van der Waals surface area contributed by atoms with Crippen LogP contribution in [0.15, 0.2) is 24.3 Å². The third-order valence-electron chi connectivity index (χ3n) is 3.54. The van der Waals surface area contributed by atoms with Crippen LogP contribution in [0.4, 0.5) is 10.5 Å². The molecule has 0 unspecified atom stereocenters. The van der Waals surface area contributed by atoms with Crippen LogP contribution in [0, 0.1) is 0 Å². The van der Waals surface area contributed by atoms with Crippen molar-refractivity contribution in [2.24, 2.45) is 0 Å². The number of nitrogens with one attached hydrogen (secondary N) is 1. The second kappa shape index (κ2) is 6.45. The fourth-order valence-corrected chi connectivity index (χ4v) is 2.31. The Morgan fingerprint density at radius 3 is 2.42 bits per heavy atom. The number of nitrogens with zero attached hydrogens (tertiary/aromatic N) is 2. The molecule has 1 heterocycles. The molecular weight excluding hydrogens is 238 g/mol. The lowest BCUT2D eigenvalue weighted by Crippen LogP contribution is -2.38. The summed E-state index contributed by atoms with van der Waals surface area (Å²) in [4.78, 5) is 15.8. The minimum Gasteiger partial charge on any atom is -0.378 e. The summed E-state index contributed by atoms with van der Waals surface area (Å²) in [6.45, 7) is 2.52. The first-order valence-electron chi connectivity index (χ1n) is 6.96. The van der Waals surface area contributed by atoms with E-state index in [4.69, 9.17) is 0 Å². The molecule has 2 rings (SSSR count). The van der Waals surface area contributed by atoms with E-state index in [-0.39, 0.29) is 6.03 Å². The Labute approximate surface area is 115 Å². The average Bonchev–Trinajstić information content (AvgIpc) is 2.93. The SMILES string of the molecule is CN(C)c1ccc(CCNC(=O)N2CCCC2)cc1. The Morgan fingerprint density at radius 1 is 1.21 bits per heavy atom. The molecule has 0 spiro atoms. The second-order valence-corrected chi connectivity index (χ2v) is 5.24. The number of rotatable bonds is 4. The van der Waals surface area contributed by atoms with E-state index >= 15 is 0 Å². The molecule has 19 heavy (non-hydrogen) atoms. The standard InChI is InChI=1S/C15H23N3O/c1-17(2)14-7-5-13(6-8-14)9-10-16-15(19)18-11-3-4-12-18/h5-8H,3-4,9-12H2,1-2H3,(H,16,19). The lowest BCUT2D eigenvalue weighted by atomic mass is 10.1. The Hall–Kier alpha value is -1.71. The summed E-state index contributed by atoms with van der Waals surface area (Å²) in [5, 5.41) is 2.99. The van der Waals surface area contributed by atoms with Gasteiger partial charge in [0.2, 0.25) is 0 Å². The van der Waals surface area contributed by atoms with E-state index in [9.17, 15) is 4.79 Å². The summed E-state index contributed by atoms with van der Waals surface area (Å²) in [5.74, 6) is 0. The normalized spacial score (nSPS) is 14.5. The number of benzene rings is 1. The quantitative estimate of drug-likeness (QED) is 0.901. The lowest BCUT2D eigenvalue weighted by molar-refractivity contribution is 0.209. The molecule has 1 aromatic carbocycles. The van der Waals surface area contributed by atoms with Gasteiger partial charge in [0.1, 0.15) is 0 Å². The van der Waals surface area contributed by atoms with Gasteiger partial charge in [-0.15, -0.1) is 0 Å². The van der Waals surface area contributed by atoms with Gasteiger partial charge in [0.15, 0.2) is 0 Å². The molecular formula is C15H23N3O. The van der Waals surface area contributed by atoms with Crippen molar-refractivity contribution in [2.75, 3.05) is 38.6 Å². The maximum absolute atomic E-state index is 11.8. The van der Waals surface area contributed by atoms with Crippen molar-refractivity contribution < 1.29 is 4.79 Å². The molecule has 0 atom stereocenters. The highest BCUT2D eigenvalue weighted by molar-refractivity contribution is 5.74. The van der Waals surface area contributed by atoms with E-state index in [1.165, 1.54) is 11.3 Å². The Bertz CT molecular complexity index is 408. The van der Waals surface area contributed by atoms with Crippen LogP contribution in [-0.2, 0) is 6.42 Å². The van der Waals surface area contributed by atoms with Crippen LogP contribution in [0.3, 0.4) is 0 Å². The Balaban J connectivity index is 1.74. The van der Waals surface area contributed by atoms with Gasteiger partial charge in [0.25, 0.3) is 0 Å². The summed E-state index contributed by atoms with van der Waals surface area (Å²) in [7, 11) is 4.07. The lowest BCUT2D eigenvalue weighted by Gasteiger charge is -2.16. The first-order valence-corrected chi connectivity index (χ1v) is 6.96. The average molecular weight is 261 g/mol. The number of amides is 2. The number of carbonyl (C=O) groups excluding carboxylic acids is 1. The van der Waals surface area contributed by atoms with Crippen molar-refractivity contribution in [1.29, 1.82) is 0 Å². The van der Waals surface area contributed by atoms with Crippen molar-refractivity contribution in [2.45, 2.75) is 19.3 Å². The van der Waals surface area contributed by atoms with E-state index in [0.717, 1.165) is 32.4 Å². The molecule has 0 bridgehead atoms. The maximum Gasteiger partial charge on any atom is 0.317 e. The van der Waals surface area contributed by atoms with E-state index in [0.29, 0.717) is 6.54 Å². The Morgan fingerprint density at radius 2 is 1.84 bits per heavy atom. The molecule has 4 nitrogen and oxygen atoms in total. The van der Waals surface area contributed by atoms with E-state index < -0.39 is 0 Å². The van der Waals surface area contributed by atoms with E-state index in [1.807, 2.05) is 19.0 Å². The third kappa shape index (κ3) is 3.88. The monoisotopic (exact) mass is 261 g/mol. The van der Waals surface area contributed by atoms with Gasteiger partial charge in [-0.25, -0.2) is 4.79 Å². The van der Waals surface area contributed by atoms with Crippen molar-refractivity contribution in [3.05, 3.63) is 29.8 Å². The van der Waals surface area contributed by atoms with E-state index in [1.54, 1.807) is 0 Å². The molecule has 1 aliphatic heterocycles. The highest BCUT2D eigenvalue weighted by atomic mass is 16.2. The molecule has 0 aromatic heterocycles. The van der Waals surface area contributed by atoms with Crippen LogP contribution < -0.4 is 10.2 Å².